The second kappa shape index (κ2) is 7.72. The van der Waals surface area contributed by atoms with E-state index in [0.717, 1.165) is 11.2 Å². The molecule has 0 spiro atoms. The average molecular weight is 443 g/mol. The van der Waals surface area contributed by atoms with E-state index in [0.29, 0.717) is 0 Å². The third-order valence-corrected chi connectivity index (χ3v) is 5.02. The average Bonchev–Trinajstić information content (AvgIpc) is 2.73. The summed E-state index contributed by atoms with van der Waals surface area (Å²) in [6, 6.07) is 0.732. The summed E-state index contributed by atoms with van der Waals surface area (Å²) in [5.41, 5.74) is -0.982. The smallest absolute Gasteiger partial charge is 0.410 e. The van der Waals surface area contributed by atoms with E-state index in [1.807, 2.05) is 4.72 Å². The molecule has 0 saturated carbocycles. The fraction of sp³-hybridized carbons (Fsp3) is 0.588. The number of nitrogens with zero attached hydrogens (tertiary/aromatic N) is 1. The predicted octanol–water partition coefficient (Wildman–Crippen LogP) is 3.19. The van der Waals surface area contributed by atoms with Gasteiger partial charge in [0.1, 0.15) is 17.5 Å². The Bertz CT molecular complexity index is 858. The summed E-state index contributed by atoms with van der Waals surface area (Å²) in [5.74, 6) is -4.40. The molecule has 11 heteroatoms. The third-order valence-electron chi connectivity index (χ3n) is 4.05. The van der Waals surface area contributed by atoms with Crippen LogP contribution in [0.5, 0.6) is 0 Å². The van der Waals surface area contributed by atoms with E-state index in [1.165, 1.54) is 18.2 Å². The van der Waals surface area contributed by atoms with Gasteiger partial charge in [0.25, 0.3) is 5.92 Å². The first kappa shape index (κ1) is 22.8. The summed E-state index contributed by atoms with van der Waals surface area (Å²) in [7, 11) is -4.03. The van der Waals surface area contributed by atoms with Crippen molar-refractivity contribution in [1.82, 2.24) is 9.62 Å². The molecule has 2 rings (SSSR count). The quantitative estimate of drug-likeness (QED) is 0.777. The molecule has 0 aliphatic carbocycles. The van der Waals surface area contributed by atoms with E-state index in [2.05, 4.69) is 0 Å². The summed E-state index contributed by atoms with van der Waals surface area (Å²) in [4.78, 5) is 13.2. The van der Waals surface area contributed by atoms with E-state index in [1.54, 1.807) is 20.8 Å². The maximum absolute atomic E-state index is 14.6. The van der Waals surface area contributed by atoms with Gasteiger partial charge in [-0.3, -0.25) is 4.90 Å². The van der Waals surface area contributed by atoms with Gasteiger partial charge < -0.3 is 4.74 Å². The lowest BCUT2D eigenvalue weighted by molar-refractivity contribution is -0.0122. The van der Waals surface area contributed by atoms with Crippen LogP contribution in [0.3, 0.4) is 0 Å². The number of carbonyl (C=O) groups excluding carboxylic acids is 1. The summed E-state index contributed by atoms with van der Waals surface area (Å²) >= 11 is 5.74. The van der Waals surface area contributed by atoms with Gasteiger partial charge in [-0.15, -0.1) is 0 Å². The Morgan fingerprint density at radius 3 is 2.54 bits per heavy atom. The van der Waals surface area contributed by atoms with Gasteiger partial charge in [-0.25, -0.2) is 31.1 Å². The van der Waals surface area contributed by atoms with Crippen LogP contribution < -0.4 is 4.72 Å². The standard InChI is InChI=1S/C17H22ClF3N2O4S/c1-16(2,3)27-15(24)23-9-17(20,21)14(22-28(4,25)26)12(23)8-10-6-5-7-11(18)13(10)19/h5-7,12,14,22H,8-9H2,1-4H3/t12-,14+/m0/s1. The Morgan fingerprint density at radius 1 is 1.39 bits per heavy atom. The highest BCUT2D eigenvalue weighted by Crippen LogP contribution is 2.36. The number of nitrogens with one attached hydrogen (secondary N) is 1. The second-order valence-electron chi connectivity index (χ2n) is 7.72. The van der Waals surface area contributed by atoms with Gasteiger partial charge >= 0.3 is 6.09 Å². The van der Waals surface area contributed by atoms with Crippen LogP contribution in [0.1, 0.15) is 26.3 Å². The lowest BCUT2D eigenvalue weighted by Gasteiger charge is -2.30. The number of amides is 1. The Balaban J connectivity index is 2.45. The molecule has 2 atom stereocenters. The van der Waals surface area contributed by atoms with Gasteiger partial charge in [0, 0.05) is 0 Å². The number of likely N-dealkylation sites (tertiary alicyclic amines) is 1. The number of benzene rings is 1. The second-order valence-corrected chi connectivity index (χ2v) is 9.91. The van der Waals surface area contributed by atoms with Crippen LogP contribution in [0.15, 0.2) is 18.2 Å². The van der Waals surface area contributed by atoms with E-state index >= 15 is 0 Å². The number of halogens is 4. The van der Waals surface area contributed by atoms with Crippen molar-refractivity contribution in [3.05, 3.63) is 34.6 Å². The first-order valence-corrected chi connectivity index (χ1v) is 10.7. The molecule has 1 saturated heterocycles. The minimum atomic E-state index is -4.03. The Hall–Kier alpha value is -1.52. The van der Waals surface area contributed by atoms with Gasteiger partial charge in [0.05, 0.1) is 23.9 Å². The van der Waals surface area contributed by atoms with Crippen LogP contribution >= 0.6 is 11.6 Å². The molecular weight excluding hydrogens is 421 g/mol. The number of hydrogen-bond donors (Lipinski definition) is 1. The number of ether oxygens (including phenoxy) is 1. The number of sulfonamides is 1. The van der Waals surface area contributed by atoms with Crippen LogP contribution in [-0.2, 0) is 21.2 Å². The highest BCUT2D eigenvalue weighted by Gasteiger charge is 2.57. The van der Waals surface area contributed by atoms with Gasteiger partial charge in [0.2, 0.25) is 10.0 Å². The summed E-state index contributed by atoms with van der Waals surface area (Å²) in [6.07, 6.45) is -0.692. The van der Waals surface area contributed by atoms with Crippen molar-refractivity contribution in [2.45, 2.75) is 50.8 Å². The van der Waals surface area contributed by atoms with Gasteiger partial charge in [-0.2, -0.15) is 0 Å². The third kappa shape index (κ3) is 5.51. The zero-order valence-corrected chi connectivity index (χ0v) is 17.4. The number of rotatable bonds is 4. The van der Waals surface area contributed by atoms with E-state index in [9.17, 15) is 26.4 Å². The molecule has 1 aliphatic rings. The van der Waals surface area contributed by atoms with Crippen molar-refractivity contribution in [2.24, 2.45) is 0 Å². The maximum Gasteiger partial charge on any atom is 0.410 e. The van der Waals surface area contributed by atoms with Crippen molar-refractivity contribution >= 4 is 27.7 Å². The van der Waals surface area contributed by atoms with Crippen molar-refractivity contribution in [3.63, 3.8) is 0 Å². The molecule has 28 heavy (non-hydrogen) atoms. The molecule has 1 fully saturated rings. The van der Waals surface area contributed by atoms with Crippen molar-refractivity contribution in [2.75, 3.05) is 12.8 Å². The number of alkyl halides is 2. The van der Waals surface area contributed by atoms with Gasteiger partial charge in [-0.1, -0.05) is 23.7 Å². The molecule has 1 amide bonds. The Kier molecular flexibility index (Phi) is 6.28. The molecule has 0 unspecified atom stereocenters. The molecule has 1 aliphatic heterocycles. The predicted molar refractivity (Wildman–Crippen MR) is 98.6 cm³/mol. The molecule has 158 valence electrons. The lowest BCUT2D eigenvalue weighted by atomic mass is 9.99. The molecule has 1 N–H and O–H groups in total. The SMILES string of the molecule is CC(C)(C)OC(=O)N1CC(F)(F)[C@H](NS(C)(=O)=O)[C@@H]1Cc1cccc(Cl)c1F. The summed E-state index contributed by atoms with van der Waals surface area (Å²) < 4.78 is 73.9. The largest absolute Gasteiger partial charge is 0.444 e. The molecule has 1 heterocycles. The van der Waals surface area contributed by atoms with Crippen molar-refractivity contribution < 1.29 is 31.1 Å². The van der Waals surface area contributed by atoms with Gasteiger partial charge in [0.15, 0.2) is 0 Å². The lowest BCUT2D eigenvalue weighted by Crippen LogP contribution is -2.52. The fourth-order valence-electron chi connectivity index (χ4n) is 2.98. The van der Waals surface area contributed by atoms with Crippen LogP contribution in [0.4, 0.5) is 18.0 Å². The molecular formula is C17H22ClF3N2O4S. The number of hydrogen-bond acceptors (Lipinski definition) is 4. The normalized spacial score (nSPS) is 22.4. The van der Waals surface area contributed by atoms with Gasteiger partial charge in [-0.05, 0) is 38.8 Å². The van der Waals surface area contributed by atoms with Crippen LogP contribution in [0, 0.1) is 5.82 Å². The highest BCUT2D eigenvalue weighted by atomic mass is 35.5. The molecule has 0 bridgehead atoms. The minimum absolute atomic E-state index is 0.0240. The van der Waals surface area contributed by atoms with Crippen LogP contribution in [0.25, 0.3) is 0 Å². The molecule has 0 radical (unpaired) electrons. The first-order valence-electron chi connectivity index (χ1n) is 8.38. The number of carbonyl (C=O) groups is 1. The van der Waals surface area contributed by atoms with Crippen LogP contribution in [-0.4, -0.2) is 55.8 Å². The maximum atomic E-state index is 14.6. The van der Waals surface area contributed by atoms with Crippen molar-refractivity contribution in [1.29, 1.82) is 0 Å². The monoisotopic (exact) mass is 442 g/mol. The molecule has 1 aromatic rings. The highest BCUT2D eigenvalue weighted by molar-refractivity contribution is 7.88. The fourth-order valence-corrected chi connectivity index (χ4v) is 3.96. The zero-order chi connectivity index (χ0) is 21.5. The first-order chi connectivity index (χ1) is 12.6. The topological polar surface area (TPSA) is 75.7 Å². The van der Waals surface area contributed by atoms with E-state index in [-0.39, 0.29) is 17.0 Å². The van der Waals surface area contributed by atoms with E-state index in [4.69, 9.17) is 16.3 Å². The van der Waals surface area contributed by atoms with Crippen molar-refractivity contribution in [3.8, 4) is 0 Å². The molecule has 0 aromatic heterocycles. The van der Waals surface area contributed by atoms with E-state index < -0.39 is 52.1 Å². The molecule has 6 nitrogen and oxygen atoms in total. The Labute approximate surface area is 167 Å². The zero-order valence-electron chi connectivity index (χ0n) is 15.8. The minimum Gasteiger partial charge on any atom is -0.444 e. The Morgan fingerprint density at radius 2 is 2.00 bits per heavy atom. The summed E-state index contributed by atoms with van der Waals surface area (Å²) in [6.45, 7) is 3.63. The molecule has 1 aromatic carbocycles. The van der Waals surface area contributed by atoms with Crippen LogP contribution in [0.2, 0.25) is 5.02 Å². The summed E-state index contributed by atoms with van der Waals surface area (Å²) in [5, 5.41) is -0.210.